The van der Waals surface area contributed by atoms with E-state index >= 15 is 0 Å². The van der Waals surface area contributed by atoms with Gasteiger partial charge in [0.1, 0.15) is 12.3 Å². The van der Waals surface area contributed by atoms with Gasteiger partial charge in [0.15, 0.2) is 5.75 Å². The lowest BCUT2D eigenvalue weighted by molar-refractivity contribution is 0.0941. The van der Waals surface area contributed by atoms with Crippen LogP contribution in [0.3, 0.4) is 0 Å². The Morgan fingerprint density at radius 2 is 2.00 bits per heavy atom. The van der Waals surface area contributed by atoms with Crippen molar-refractivity contribution in [1.29, 1.82) is 0 Å². The predicted molar refractivity (Wildman–Crippen MR) is 98.8 cm³/mol. The molecule has 140 valence electrons. The van der Waals surface area contributed by atoms with Gasteiger partial charge in [0, 0.05) is 13.1 Å². The molecule has 0 radical (unpaired) electrons. The molecule has 0 saturated carbocycles. The lowest BCUT2D eigenvalue weighted by Gasteiger charge is -2.12. The van der Waals surface area contributed by atoms with Crippen molar-refractivity contribution < 1.29 is 14.3 Å². The van der Waals surface area contributed by atoms with Gasteiger partial charge in [0.2, 0.25) is 0 Å². The standard InChI is InChI=1S/C19H20N4O4/c1-23-15(10-17(24)22-23)18(25)20-11-14-8-9-16(19(21-14)26-2)27-12-13-6-4-3-5-7-13/h3-10H,11-12H2,1-2H3,(H,20,25)(H,22,24). The molecular weight excluding hydrogens is 348 g/mol. The second kappa shape index (κ2) is 8.22. The van der Waals surface area contributed by atoms with Crippen molar-refractivity contribution in [2.24, 2.45) is 7.05 Å². The number of hydrogen-bond donors (Lipinski definition) is 2. The second-order valence-electron chi connectivity index (χ2n) is 5.83. The summed E-state index contributed by atoms with van der Waals surface area (Å²) in [5.41, 5.74) is 1.55. The highest BCUT2D eigenvalue weighted by atomic mass is 16.5. The maximum Gasteiger partial charge on any atom is 0.269 e. The van der Waals surface area contributed by atoms with Gasteiger partial charge < -0.3 is 14.8 Å². The Hall–Kier alpha value is -3.55. The number of hydrogen-bond acceptors (Lipinski definition) is 5. The minimum Gasteiger partial charge on any atom is -0.483 e. The van der Waals surface area contributed by atoms with Crippen molar-refractivity contribution in [2.45, 2.75) is 13.2 Å². The molecule has 1 amide bonds. The highest BCUT2D eigenvalue weighted by molar-refractivity contribution is 5.92. The number of rotatable bonds is 7. The fourth-order valence-corrected chi connectivity index (χ4v) is 2.51. The molecule has 2 heterocycles. The van der Waals surface area contributed by atoms with E-state index in [0.29, 0.717) is 23.9 Å². The van der Waals surface area contributed by atoms with Crippen molar-refractivity contribution in [3.05, 3.63) is 75.8 Å². The van der Waals surface area contributed by atoms with Crippen LogP contribution in [-0.4, -0.2) is 27.8 Å². The van der Waals surface area contributed by atoms with E-state index in [0.717, 1.165) is 5.56 Å². The molecule has 2 aromatic heterocycles. The highest BCUT2D eigenvalue weighted by Gasteiger charge is 2.13. The van der Waals surface area contributed by atoms with Crippen LogP contribution in [0.5, 0.6) is 11.6 Å². The number of aryl methyl sites for hydroxylation is 1. The first-order valence-corrected chi connectivity index (χ1v) is 8.31. The largest absolute Gasteiger partial charge is 0.483 e. The van der Waals surface area contributed by atoms with E-state index in [4.69, 9.17) is 9.47 Å². The number of nitrogens with zero attached hydrogens (tertiary/aromatic N) is 2. The fourth-order valence-electron chi connectivity index (χ4n) is 2.51. The summed E-state index contributed by atoms with van der Waals surface area (Å²) in [5, 5.41) is 5.21. The third-order valence-electron chi connectivity index (χ3n) is 3.88. The quantitative estimate of drug-likeness (QED) is 0.660. The zero-order valence-electron chi connectivity index (χ0n) is 15.1. The molecule has 8 nitrogen and oxygen atoms in total. The van der Waals surface area contributed by atoms with Crippen molar-refractivity contribution in [3.63, 3.8) is 0 Å². The molecule has 0 aliphatic heterocycles. The molecule has 1 aromatic carbocycles. The van der Waals surface area contributed by atoms with Crippen LogP contribution >= 0.6 is 0 Å². The molecule has 0 atom stereocenters. The maximum atomic E-state index is 12.2. The van der Waals surface area contributed by atoms with Crippen LogP contribution < -0.4 is 20.3 Å². The molecule has 3 rings (SSSR count). The van der Waals surface area contributed by atoms with E-state index in [1.54, 1.807) is 19.2 Å². The molecular formula is C19H20N4O4. The van der Waals surface area contributed by atoms with E-state index < -0.39 is 0 Å². The third-order valence-corrected chi connectivity index (χ3v) is 3.88. The van der Waals surface area contributed by atoms with Crippen molar-refractivity contribution in [3.8, 4) is 11.6 Å². The number of benzene rings is 1. The number of H-pyrrole nitrogens is 1. The smallest absolute Gasteiger partial charge is 0.269 e. The Balaban J connectivity index is 1.64. The Bertz CT molecular complexity index is 979. The molecule has 3 aromatic rings. The monoisotopic (exact) mass is 368 g/mol. The Kier molecular flexibility index (Phi) is 5.55. The van der Waals surface area contributed by atoms with Crippen LogP contribution in [0.25, 0.3) is 0 Å². The molecule has 0 spiro atoms. The van der Waals surface area contributed by atoms with Gasteiger partial charge in [-0.3, -0.25) is 19.4 Å². The van der Waals surface area contributed by atoms with Gasteiger partial charge in [-0.2, -0.15) is 0 Å². The second-order valence-corrected chi connectivity index (χ2v) is 5.83. The van der Waals surface area contributed by atoms with Gasteiger partial charge in [-0.25, -0.2) is 4.98 Å². The summed E-state index contributed by atoms with van der Waals surface area (Å²) < 4.78 is 12.4. The van der Waals surface area contributed by atoms with E-state index in [1.165, 1.54) is 17.9 Å². The number of ether oxygens (including phenoxy) is 2. The first kappa shape index (κ1) is 18.2. The zero-order valence-corrected chi connectivity index (χ0v) is 15.1. The topological polar surface area (TPSA) is 98.2 Å². The summed E-state index contributed by atoms with van der Waals surface area (Å²) in [6.45, 7) is 0.587. The molecule has 27 heavy (non-hydrogen) atoms. The number of amides is 1. The number of methoxy groups -OCH3 is 1. The summed E-state index contributed by atoms with van der Waals surface area (Å²) in [4.78, 5) is 27.8. The van der Waals surface area contributed by atoms with Crippen LogP contribution in [0.2, 0.25) is 0 Å². The predicted octanol–water partition coefficient (Wildman–Crippen LogP) is 1.63. The average Bonchev–Trinajstić information content (AvgIpc) is 3.03. The van der Waals surface area contributed by atoms with E-state index in [1.807, 2.05) is 30.3 Å². The van der Waals surface area contributed by atoms with E-state index in [-0.39, 0.29) is 23.7 Å². The minimum atomic E-state index is -0.374. The van der Waals surface area contributed by atoms with Crippen LogP contribution in [0, 0.1) is 0 Å². The summed E-state index contributed by atoms with van der Waals surface area (Å²) in [5.74, 6) is 0.484. The van der Waals surface area contributed by atoms with Gasteiger partial charge in [0.25, 0.3) is 17.3 Å². The average molecular weight is 368 g/mol. The number of aromatic nitrogens is 3. The van der Waals surface area contributed by atoms with E-state index in [2.05, 4.69) is 15.4 Å². The fraction of sp³-hybridized carbons (Fsp3) is 0.211. The Morgan fingerprint density at radius 1 is 1.22 bits per heavy atom. The van der Waals surface area contributed by atoms with Crippen LogP contribution in [0.4, 0.5) is 0 Å². The summed E-state index contributed by atoms with van der Waals surface area (Å²) in [7, 11) is 3.10. The maximum absolute atomic E-state index is 12.2. The van der Waals surface area contributed by atoms with Gasteiger partial charge in [-0.1, -0.05) is 30.3 Å². The number of aromatic amines is 1. The van der Waals surface area contributed by atoms with Crippen LogP contribution in [0.15, 0.2) is 53.3 Å². The zero-order chi connectivity index (χ0) is 19.2. The molecule has 8 heteroatoms. The number of pyridine rings is 1. The number of nitrogens with one attached hydrogen (secondary N) is 2. The van der Waals surface area contributed by atoms with Gasteiger partial charge in [-0.15, -0.1) is 0 Å². The first-order chi connectivity index (χ1) is 13.1. The summed E-state index contributed by atoms with van der Waals surface area (Å²) >= 11 is 0. The lowest BCUT2D eigenvalue weighted by Crippen LogP contribution is -2.25. The Labute approximate surface area is 155 Å². The van der Waals surface area contributed by atoms with Crippen LogP contribution in [-0.2, 0) is 20.2 Å². The molecule has 2 N–H and O–H groups in total. The van der Waals surface area contributed by atoms with Gasteiger partial charge >= 0.3 is 0 Å². The van der Waals surface area contributed by atoms with Crippen molar-refractivity contribution >= 4 is 5.91 Å². The van der Waals surface area contributed by atoms with Crippen molar-refractivity contribution in [1.82, 2.24) is 20.1 Å². The summed E-state index contributed by atoms with van der Waals surface area (Å²) in [6, 6.07) is 14.5. The third kappa shape index (κ3) is 4.55. The van der Waals surface area contributed by atoms with Gasteiger partial charge in [-0.05, 0) is 17.7 Å². The SMILES string of the molecule is COc1nc(CNC(=O)c2cc(=O)[nH]n2C)ccc1OCc1ccccc1. The van der Waals surface area contributed by atoms with Crippen molar-refractivity contribution in [2.75, 3.05) is 7.11 Å². The molecule has 0 fully saturated rings. The first-order valence-electron chi connectivity index (χ1n) is 8.31. The Morgan fingerprint density at radius 3 is 2.67 bits per heavy atom. The molecule has 0 saturated heterocycles. The van der Waals surface area contributed by atoms with Crippen LogP contribution in [0.1, 0.15) is 21.7 Å². The molecule has 0 unspecified atom stereocenters. The number of carbonyl (C=O) groups excluding carboxylic acids is 1. The normalized spacial score (nSPS) is 10.4. The summed E-state index contributed by atoms with van der Waals surface area (Å²) in [6.07, 6.45) is 0. The lowest BCUT2D eigenvalue weighted by atomic mass is 10.2. The number of carbonyl (C=O) groups is 1. The minimum absolute atomic E-state index is 0.188. The molecule has 0 bridgehead atoms. The van der Waals surface area contributed by atoms with E-state index in [9.17, 15) is 9.59 Å². The molecule has 0 aliphatic rings. The molecule has 0 aliphatic carbocycles. The highest BCUT2D eigenvalue weighted by Crippen LogP contribution is 2.25. The van der Waals surface area contributed by atoms with Gasteiger partial charge in [0.05, 0.1) is 19.3 Å².